The SMILES string of the molecule is CC1(C)c2ccccc2-c2ccc(N(c3ccc4c(c3)C(C)(C)c3ccccc3-4)c3cccc4c3oc3c(-c5cccc6ccccc56)c5ccccc5cc34)cc21. The molecule has 0 fully saturated rings. The van der Waals surface area contributed by atoms with Gasteiger partial charge in [-0.05, 0) is 108 Å². The first-order chi connectivity index (χ1) is 28.3. The van der Waals surface area contributed by atoms with Crippen molar-refractivity contribution >= 4 is 60.5 Å². The van der Waals surface area contributed by atoms with E-state index in [1.54, 1.807) is 0 Å². The van der Waals surface area contributed by atoms with Crippen LogP contribution in [0.4, 0.5) is 17.1 Å². The quantitative estimate of drug-likeness (QED) is 0.178. The van der Waals surface area contributed by atoms with E-state index in [1.807, 2.05) is 0 Å². The first-order valence-corrected chi connectivity index (χ1v) is 20.4. The summed E-state index contributed by atoms with van der Waals surface area (Å²) in [4.78, 5) is 2.45. The zero-order valence-corrected chi connectivity index (χ0v) is 33.1. The van der Waals surface area contributed by atoms with Crippen molar-refractivity contribution in [1.82, 2.24) is 0 Å². The standard InChI is InChI=1S/C56H41NO/c1-55(2)47-24-11-9-20-40(47)42-29-27-36(32-49(42)55)57(37-28-30-43-41-21-10-12-25-48(41)56(3,4)50(43)33-37)51-26-14-23-45-46-31-35-16-6-8-19-39(35)52(54(46)58-53(45)51)44-22-13-17-34-15-5-7-18-38(34)44/h5-33H,1-4H3. The lowest BCUT2D eigenvalue weighted by Gasteiger charge is -2.29. The van der Waals surface area contributed by atoms with Crippen molar-refractivity contribution in [3.8, 4) is 33.4 Å². The monoisotopic (exact) mass is 743 g/mol. The summed E-state index contributed by atoms with van der Waals surface area (Å²) >= 11 is 0. The van der Waals surface area contributed by atoms with E-state index in [1.165, 1.54) is 71.6 Å². The molecule has 2 heteroatoms. The fourth-order valence-electron chi connectivity index (χ4n) is 10.6. The predicted octanol–water partition coefficient (Wildman–Crippen LogP) is 15.6. The maximum absolute atomic E-state index is 7.38. The van der Waals surface area contributed by atoms with Gasteiger partial charge in [-0.3, -0.25) is 0 Å². The van der Waals surface area contributed by atoms with Gasteiger partial charge >= 0.3 is 0 Å². The molecule has 1 heterocycles. The van der Waals surface area contributed by atoms with Crippen molar-refractivity contribution in [2.45, 2.75) is 38.5 Å². The molecule has 0 N–H and O–H groups in total. The normalized spacial score (nSPS) is 14.5. The van der Waals surface area contributed by atoms with E-state index in [2.05, 4.69) is 209 Å². The summed E-state index contributed by atoms with van der Waals surface area (Å²) in [7, 11) is 0. The summed E-state index contributed by atoms with van der Waals surface area (Å²) in [5.74, 6) is 0. The van der Waals surface area contributed by atoms with Gasteiger partial charge in [-0.1, -0.05) is 167 Å². The second-order valence-electron chi connectivity index (χ2n) is 17.3. The van der Waals surface area contributed by atoms with Crippen molar-refractivity contribution in [1.29, 1.82) is 0 Å². The third-order valence-electron chi connectivity index (χ3n) is 13.4. The van der Waals surface area contributed by atoms with Crippen LogP contribution < -0.4 is 4.90 Å². The van der Waals surface area contributed by atoms with Crippen LogP contribution >= 0.6 is 0 Å². The average molecular weight is 744 g/mol. The van der Waals surface area contributed by atoms with Gasteiger partial charge in [-0.2, -0.15) is 0 Å². The van der Waals surface area contributed by atoms with Crippen LogP contribution in [0.5, 0.6) is 0 Å². The van der Waals surface area contributed by atoms with Gasteiger partial charge in [0.25, 0.3) is 0 Å². The Morgan fingerprint density at radius 2 is 0.862 bits per heavy atom. The van der Waals surface area contributed by atoms with E-state index >= 15 is 0 Å². The lowest BCUT2D eigenvalue weighted by molar-refractivity contribution is 0.659. The van der Waals surface area contributed by atoms with Crippen LogP contribution in [0, 0.1) is 0 Å². The zero-order valence-electron chi connectivity index (χ0n) is 33.1. The number of furan rings is 1. The first-order valence-electron chi connectivity index (χ1n) is 20.4. The third kappa shape index (κ3) is 4.49. The van der Waals surface area contributed by atoms with E-state index in [-0.39, 0.29) is 10.8 Å². The number of hydrogen-bond donors (Lipinski definition) is 0. The zero-order chi connectivity index (χ0) is 38.9. The molecule has 12 rings (SSSR count). The Bertz CT molecular complexity index is 3250. The Morgan fingerprint density at radius 1 is 0.362 bits per heavy atom. The lowest BCUT2D eigenvalue weighted by atomic mass is 9.82. The number of nitrogens with zero attached hydrogens (tertiary/aromatic N) is 1. The number of anilines is 3. The van der Waals surface area contributed by atoms with Crippen LogP contribution in [-0.4, -0.2) is 0 Å². The number of benzene rings is 9. The predicted molar refractivity (Wildman–Crippen MR) is 244 cm³/mol. The van der Waals surface area contributed by atoms with Gasteiger partial charge in [-0.15, -0.1) is 0 Å². The van der Waals surface area contributed by atoms with E-state index in [9.17, 15) is 0 Å². The molecule has 2 aliphatic carbocycles. The summed E-state index contributed by atoms with van der Waals surface area (Å²) in [5.41, 5.74) is 17.7. The van der Waals surface area contributed by atoms with Crippen LogP contribution in [0.2, 0.25) is 0 Å². The lowest BCUT2D eigenvalue weighted by Crippen LogP contribution is -2.18. The van der Waals surface area contributed by atoms with Gasteiger partial charge in [0.15, 0.2) is 5.58 Å². The molecule has 0 saturated carbocycles. The Hall–Kier alpha value is -6.90. The highest BCUT2D eigenvalue weighted by atomic mass is 16.3. The molecule has 0 aliphatic heterocycles. The fraction of sp³-hybridized carbons (Fsp3) is 0.107. The molecule has 2 nitrogen and oxygen atoms in total. The van der Waals surface area contributed by atoms with Gasteiger partial charge in [0, 0.05) is 38.5 Å². The highest BCUT2D eigenvalue weighted by Crippen LogP contribution is 2.54. The van der Waals surface area contributed by atoms with E-state index in [0.29, 0.717) is 0 Å². The van der Waals surface area contributed by atoms with Crippen molar-refractivity contribution in [3.63, 3.8) is 0 Å². The summed E-state index contributed by atoms with van der Waals surface area (Å²) in [6, 6.07) is 65.0. The van der Waals surface area contributed by atoms with Crippen LogP contribution in [0.15, 0.2) is 180 Å². The molecule has 0 spiro atoms. The smallest absolute Gasteiger partial charge is 0.159 e. The van der Waals surface area contributed by atoms with Crippen LogP contribution in [0.25, 0.3) is 76.9 Å². The molecular weight excluding hydrogens is 703 g/mol. The third-order valence-corrected chi connectivity index (χ3v) is 13.4. The topological polar surface area (TPSA) is 16.4 Å². The van der Waals surface area contributed by atoms with Gasteiger partial charge in [0.05, 0.1) is 5.69 Å². The van der Waals surface area contributed by atoms with Gasteiger partial charge in [0.2, 0.25) is 0 Å². The fourth-order valence-corrected chi connectivity index (χ4v) is 10.6. The number of hydrogen-bond acceptors (Lipinski definition) is 2. The molecule has 0 atom stereocenters. The highest BCUT2D eigenvalue weighted by Gasteiger charge is 2.38. The molecule has 0 bridgehead atoms. The number of fused-ring (bicyclic) bond motifs is 11. The first kappa shape index (κ1) is 33.3. The maximum atomic E-state index is 7.38. The average Bonchev–Trinajstić information content (AvgIpc) is 3.82. The minimum atomic E-state index is -0.145. The molecule has 0 saturated heterocycles. The van der Waals surface area contributed by atoms with E-state index in [4.69, 9.17) is 4.42 Å². The molecule has 0 amide bonds. The summed E-state index contributed by atoms with van der Waals surface area (Å²) < 4.78 is 7.38. The van der Waals surface area contributed by atoms with Crippen molar-refractivity contribution in [3.05, 3.63) is 198 Å². The molecule has 0 unspecified atom stereocenters. The largest absolute Gasteiger partial charge is 0.453 e. The summed E-state index contributed by atoms with van der Waals surface area (Å²) in [6.07, 6.45) is 0. The van der Waals surface area contributed by atoms with Gasteiger partial charge in [0.1, 0.15) is 5.58 Å². The number of rotatable bonds is 4. The Morgan fingerprint density at radius 3 is 1.53 bits per heavy atom. The Labute approximate surface area is 338 Å². The van der Waals surface area contributed by atoms with E-state index < -0.39 is 0 Å². The second kappa shape index (κ2) is 11.8. The molecule has 2 aliphatic rings. The molecule has 0 radical (unpaired) electrons. The summed E-state index contributed by atoms with van der Waals surface area (Å²) in [6.45, 7) is 9.45. The number of para-hydroxylation sites is 1. The van der Waals surface area contributed by atoms with Crippen molar-refractivity contribution in [2.24, 2.45) is 0 Å². The van der Waals surface area contributed by atoms with Crippen molar-refractivity contribution < 1.29 is 4.42 Å². The molecule has 276 valence electrons. The molecule has 58 heavy (non-hydrogen) atoms. The maximum Gasteiger partial charge on any atom is 0.159 e. The summed E-state index contributed by atoms with van der Waals surface area (Å²) in [5, 5.41) is 7.04. The minimum Gasteiger partial charge on any atom is -0.453 e. The van der Waals surface area contributed by atoms with Gasteiger partial charge in [-0.25, -0.2) is 0 Å². The molecule has 1 aromatic heterocycles. The molecule has 9 aromatic carbocycles. The molecule has 10 aromatic rings. The Balaban J connectivity index is 1.15. The minimum absolute atomic E-state index is 0.145. The van der Waals surface area contributed by atoms with Crippen LogP contribution in [0.1, 0.15) is 49.9 Å². The Kier molecular flexibility index (Phi) is 6.78. The van der Waals surface area contributed by atoms with Crippen LogP contribution in [0.3, 0.4) is 0 Å². The van der Waals surface area contributed by atoms with Crippen molar-refractivity contribution in [2.75, 3.05) is 4.90 Å². The highest BCUT2D eigenvalue weighted by molar-refractivity contribution is 6.22. The molecular formula is C56H41NO. The van der Waals surface area contributed by atoms with E-state index in [0.717, 1.165) is 44.6 Å². The van der Waals surface area contributed by atoms with Crippen LogP contribution in [-0.2, 0) is 10.8 Å². The van der Waals surface area contributed by atoms with Gasteiger partial charge < -0.3 is 9.32 Å². The second-order valence-corrected chi connectivity index (χ2v) is 17.3.